The van der Waals surface area contributed by atoms with E-state index in [1.165, 1.54) is 10.7 Å². The minimum atomic E-state index is 1.00. The van der Waals surface area contributed by atoms with Crippen LogP contribution in [-0.2, 0) is 13.0 Å². The van der Waals surface area contributed by atoms with E-state index in [2.05, 4.69) is 53.0 Å². The third-order valence-corrected chi connectivity index (χ3v) is 3.45. The number of nitrogens with zero attached hydrogens (tertiary/aromatic N) is 2. The highest BCUT2D eigenvalue weighted by Gasteiger charge is 1.99. The molecule has 0 fully saturated rings. The van der Waals surface area contributed by atoms with Gasteiger partial charge in [-0.3, -0.25) is 0 Å². The number of hydrogen-bond donors (Lipinski definition) is 0. The fourth-order valence-electron chi connectivity index (χ4n) is 1.64. The van der Waals surface area contributed by atoms with E-state index in [1.807, 2.05) is 18.0 Å². The van der Waals surface area contributed by atoms with E-state index in [0.717, 1.165) is 18.7 Å². The van der Waals surface area contributed by atoms with Gasteiger partial charge in [-0.15, -0.1) is 11.8 Å². The van der Waals surface area contributed by atoms with Gasteiger partial charge in [0.1, 0.15) is 5.82 Å². The van der Waals surface area contributed by atoms with E-state index in [-0.39, 0.29) is 0 Å². The summed E-state index contributed by atoms with van der Waals surface area (Å²) in [4.78, 5) is 5.65. The van der Waals surface area contributed by atoms with E-state index in [9.17, 15) is 0 Å². The van der Waals surface area contributed by atoms with Crippen molar-refractivity contribution in [3.05, 3.63) is 48.5 Å². The molecule has 0 amide bonds. The van der Waals surface area contributed by atoms with Crippen molar-refractivity contribution in [1.29, 1.82) is 0 Å². The number of aromatic nitrogens is 2. The summed E-state index contributed by atoms with van der Waals surface area (Å²) in [5.74, 6) is 2.27. The number of rotatable bonds is 5. The summed E-state index contributed by atoms with van der Waals surface area (Å²) >= 11 is 1.89. The minimum Gasteiger partial charge on any atom is -0.334 e. The summed E-state index contributed by atoms with van der Waals surface area (Å²) in [6.45, 7) is 3.17. The lowest BCUT2D eigenvalue weighted by Crippen LogP contribution is -2.03. The highest BCUT2D eigenvalue weighted by atomic mass is 32.2. The quantitative estimate of drug-likeness (QED) is 0.737. The first-order valence-electron chi connectivity index (χ1n) is 5.58. The van der Waals surface area contributed by atoms with Crippen LogP contribution in [0.25, 0.3) is 0 Å². The van der Waals surface area contributed by atoms with Crippen LogP contribution in [0.1, 0.15) is 12.7 Å². The Labute approximate surface area is 101 Å². The van der Waals surface area contributed by atoms with E-state index in [4.69, 9.17) is 0 Å². The molecule has 84 valence electrons. The van der Waals surface area contributed by atoms with E-state index in [0.29, 0.717) is 0 Å². The largest absolute Gasteiger partial charge is 0.334 e. The standard InChI is InChI=1S/C13H16N2S/c1-2-13-14-8-9-15(13)10-11-16-12-6-4-3-5-7-12/h3-9H,2,10-11H2,1H3. The number of imidazole rings is 1. The normalized spacial score (nSPS) is 10.6. The van der Waals surface area contributed by atoms with Gasteiger partial charge in [0.2, 0.25) is 0 Å². The van der Waals surface area contributed by atoms with Gasteiger partial charge >= 0.3 is 0 Å². The third-order valence-electron chi connectivity index (χ3n) is 2.46. The Morgan fingerprint density at radius 1 is 1.25 bits per heavy atom. The number of thioether (sulfide) groups is 1. The lowest BCUT2D eigenvalue weighted by molar-refractivity contribution is 0.712. The zero-order valence-electron chi connectivity index (χ0n) is 9.47. The van der Waals surface area contributed by atoms with Crippen molar-refractivity contribution >= 4 is 11.8 Å². The second kappa shape index (κ2) is 5.75. The van der Waals surface area contributed by atoms with Gasteiger partial charge in [0.25, 0.3) is 0 Å². The summed E-state index contributed by atoms with van der Waals surface area (Å²) in [5, 5.41) is 0. The zero-order valence-corrected chi connectivity index (χ0v) is 10.3. The van der Waals surface area contributed by atoms with Crippen LogP contribution in [-0.4, -0.2) is 15.3 Å². The van der Waals surface area contributed by atoms with Crippen LogP contribution in [0.2, 0.25) is 0 Å². The first kappa shape index (κ1) is 11.3. The molecule has 0 saturated carbocycles. The third kappa shape index (κ3) is 2.89. The van der Waals surface area contributed by atoms with Gasteiger partial charge in [0, 0.05) is 36.0 Å². The molecule has 2 aromatic rings. The van der Waals surface area contributed by atoms with Gasteiger partial charge in [-0.05, 0) is 12.1 Å². The zero-order chi connectivity index (χ0) is 11.2. The van der Waals surface area contributed by atoms with Crippen LogP contribution < -0.4 is 0 Å². The molecule has 0 spiro atoms. The summed E-state index contributed by atoms with van der Waals surface area (Å²) in [6.07, 6.45) is 4.94. The molecule has 0 radical (unpaired) electrons. The molecule has 1 aromatic carbocycles. The Bertz CT molecular complexity index is 423. The fourth-order valence-corrected chi connectivity index (χ4v) is 2.51. The minimum absolute atomic E-state index is 1.00. The Balaban J connectivity index is 1.85. The van der Waals surface area contributed by atoms with Crippen LogP contribution in [0.15, 0.2) is 47.6 Å². The maximum atomic E-state index is 4.31. The number of hydrogen-bond acceptors (Lipinski definition) is 2. The molecule has 1 aromatic heterocycles. The summed E-state index contributed by atoms with van der Waals surface area (Å²) in [6, 6.07) is 10.5. The van der Waals surface area contributed by atoms with Crippen LogP contribution in [0, 0.1) is 0 Å². The van der Waals surface area contributed by atoms with Crippen molar-refractivity contribution in [3.8, 4) is 0 Å². The highest BCUT2D eigenvalue weighted by molar-refractivity contribution is 7.99. The lowest BCUT2D eigenvalue weighted by Gasteiger charge is -2.05. The predicted octanol–water partition coefficient (Wildman–Crippen LogP) is 3.24. The van der Waals surface area contributed by atoms with Crippen molar-refractivity contribution in [2.24, 2.45) is 0 Å². The fraction of sp³-hybridized carbons (Fsp3) is 0.308. The van der Waals surface area contributed by atoms with Gasteiger partial charge < -0.3 is 4.57 Å². The molecule has 2 rings (SSSR count). The van der Waals surface area contributed by atoms with Crippen molar-refractivity contribution in [3.63, 3.8) is 0 Å². The van der Waals surface area contributed by atoms with E-state index >= 15 is 0 Å². The van der Waals surface area contributed by atoms with Crippen molar-refractivity contribution < 1.29 is 0 Å². The smallest absolute Gasteiger partial charge is 0.108 e. The second-order valence-corrected chi connectivity index (χ2v) is 4.72. The number of benzene rings is 1. The van der Waals surface area contributed by atoms with E-state index in [1.54, 1.807) is 0 Å². The second-order valence-electron chi connectivity index (χ2n) is 3.55. The predicted molar refractivity (Wildman–Crippen MR) is 68.8 cm³/mol. The van der Waals surface area contributed by atoms with Gasteiger partial charge in [0.15, 0.2) is 0 Å². The van der Waals surface area contributed by atoms with E-state index < -0.39 is 0 Å². The van der Waals surface area contributed by atoms with Crippen LogP contribution in [0.5, 0.6) is 0 Å². The Hall–Kier alpha value is -1.22. The monoisotopic (exact) mass is 232 g/mol. The average molecular weight is 232 g/mol. The molecule has 0 N–H and O–H groups in total. The molecule has 0 saturated heterocycles. The van der Waals surface area contributed by atoms with Crippen molar-refractivity contribution in [1.82, 2.24) is 9.55 Å². The first-order valence-corrected chi connectivity index (χ1v) is 6.56. The molecule has 3 heteroatoms. The molecule has 16 heavy (non-hydrogen) atoms. The Kier molecular flexibility index (Phi) is 4.05. The molecule has 0 aliphatic heterocycles. The summed E-state index contributed by atoms with van der Waals surface area (Å²) in [7, 11) is 0. The van der Waals surface area contributed by atoms with Crippen LogP contribution in [0.3, 0.4) is 0 Å². The molecule has 0 bridgehead atoms. The molecular weight excluding hydrogens is 216 g/mol. The van der Waals surface area contributed by atoms with Gasteiger partial charge in [-0.2, -0.15) is 0 Å². The average Bonchev–Trinajstić information content (AvgIpc) is 2.78. The van der Waals surface area contributed by atoms with Crippen LogP contribution >= 0.6 is 11.8 Å². The highest BCUT2D eigenvalue weighted by Crippen LogP contribution is 2.17. The Morgan fingerprint density at radius 2 is 2.06 bits per heavy atom. The molecular formula is C13H16N2S. The van der Waals surface area contributed by atoms with Gasteiger partial charge in [0.05, 0.1) is 0 Å². The molecule has 1 heterocycles. The van der Waals surface area contributed by atoms with Crippen molar-refractivity contribution in [2.75, 3.05) is 5.75 Å². The maximum absolute atomic E-state index is 4.31. The van der Waals surface area contributed by atoms with Gasteiger partial charge in [-0.25, -0.2) is 4.98 Å². The molecule has 0 aliphatic rings. The van der Waals surface area contributed by atoms with Crippen molar-refractivity contribution in [2.45, 2.75) is 24.8 Å². The number of aryl methyl sites for hydroxylation is 2. The SMILES string of the molecule is CCc1nccn1CCSc1ccccc1. The molecule has 2 nitrogen and oxygen atoms in total. The molecule has 0 atom stereocenters. The molecule has 0 aliphatic carbocycles. The van der Waals surface area contributed by atoms with Crippen LogP contribution in [0.4, 0.5) is 0 Å². The topological polar surface area (TPSA) is 17.8 Å². The maximum Gasteiger partial charge on any atom is 0.108 e. The Morgan fingerprint density at radius 3 is 2.81 bits per heavy atom. The lowest BCUT2D eigenvalue weighted by atomic mass is 10.4. The summed E-state index contributed by atoms with van der Waals surface area (Å²) < 4.78 is 2.23. The van der Waals surface area contributed by atoms with Gasteiger partial charge in [-0.1, -0.05) is 25.1 Å². The molecule has 0 unspecified atom stereocenters. The first-order chi connectivity index (χ1) is 7.90. The summed E-state index contributed by atoms with van der Waals surface area (Å²) in [5.41, 5.74) is 0.